The molecule has 0 aromatic heterocycles. The third-order valence-corrected chi connectivity index (χ3v) is 3.59. The average molecular weight is 277 g/mol. The summed E-state index contributed by atoms with van der Waals surface area (Å²) in [6, 6.07) is -0.600. The lowest BCUT2D eigenvalue weighted by Crippen LogP contribution is -2.53. The molecule has 0 atom stereocenters. The molecule has 0 saturated carbocycles. The molecule has 0 N–H and O–H groups in total. The number of barbiturate groups is 1. The van der Waals surface area contributed by atoms with Crippen molar-refractivity contribution in [1.82, 2.24) is 14.7 Å². The Morgan fingerprint density at radius 1 is 0.900 bits per heavy atom. The first-order valence-electron chi connectivity index (χ1n) is 6.75. The molecule has 108 valence electrons. The van der Waals surface area contributed by atoms with Crippen LogP contribution in [0.4, 0.5) is 4.79 Å². The number of hydrogen-bond donors (Lipinski definition) is 0. The van der Waals surface area contributed by atoms with Gasteiger partial charge >= 0.3 is 6.03 Å². The van der Waals surface area contributed by atoms with E-state index < -0.39 is 17.8 Å². The second-order valence-electron chi connectivity index (χ2n) is 5.03. The summed E-state index contributed by atoms with van der Waals surface area (Å²) in [4.78, 5) is 39.5. The van der Waals surface area contributed by atoms with Gasteiger partial charge in [-0.15, -0.1) is 0 Å². The van der Waals surface area contributed by atoms with Crippen molar-refractivity contribution in [3.05, 3.63) is 23.9 Å². The van der Waals surface area contributed by atoms with Gasteiger partial charge in [0, 0.05) is 27.2 Å². The summed E-state index contributed by atoms with van der Waals surface area (Å²) in [7, 11) is 2.74. The third kappa shape index (κ3) is 2.74. The molecule has 2 fully saturated rings. The highest BCUT2D eigenvalue weighted by Crippen LogP contribution is 2.15. The lowest BCUT2D eigenvalue weighted by Gasteiger charge is -2.28. The van der Waals surface area contributed by atoms with E-state index >= 15 is 0 Å². The van der Waals surface area contributed by atoms with Crippen molar-refractivity contribution >= 4 is 17.8 Å². The van der Waals surface area contributed by atoms with Gasteiger partial charge in [-0.25, -0.2) is 4.79 Å². The molecule has 2 rings (SSSR count). The van der Waals surface area contributed by atoms with Crippen LogP contribution in [0.15, 0.2) is 23.9 Å². The highest BCUT2D eigenvalue weighted by atomic mass is 16.2. The van der Waals surface area contributed by atoms with Crippen LogP contribution in [0.25, 0.3) is 0 Å². The Hall–Kier alpha value is -2.11. The number of amides is 4. The molecule has 0 aromatic rings. The normalized spacial score (nSPS) is 21.2. The lowest BCUT2D eigenvalue weighted by molar-refractivity contribution is -0.134. The molecule has 2 saturated heterocycles. The molecule has 0 spiro atoms. The van der Waals surface area contributed by atoms with Crippen molar-refractivity contribution in [3.63, 3.8) is 0 Å². The highest BCUT2D eigenvalue weighted by molar-refractivity contribution is 6.28. The third-order valence-electron chi connectivity index (χ3n) is 3.59. The molecular weight excluding hydrogens is 258 g/mol. The molecule has 0 bridgehead atoms. The number of rotatable bonds is 2. The zero-order valence-corrected chi connectivity index (χ0v) is 11.8. The first-order valence-corrected chi connectivity index (χ1v) is 6.75. The number of urea groups is 1. The van der Waals surface area contributed by atoms with E-state index in [2.05, 4.69) is 4.90 Å². The predicted molar refractivity (Wildman–Crippen MR) is 73.6 cm³/mol. The van der Waals surface area contributed by atoms with Gasteiger partial charge in [-0.1, -0.05) is 0 Å². The van der Waals surface area contributed by atoms with Gasteiger partial charge in [-0.05, 0) is 37.6 Å². The van der Waals surface area contributed by atoms with Gasteiger partial charge in [-0.3, -0.25) is 19.4 Å². The van der Waals surface area contributed by atoms with Gasteiger partial charge in [0.05, 0.1) is 0 Å². The molecule has 6 heteroatoms. The maximum atomic E-state index is 11.9. The molecule has 0 unspecified atom stereocenters. The maximum Gasteiger partial charge on any atom is 0.333 e. The Morgan fingerprint density at radius 3 is 2.00 bits per heavy atom. The highest BCUT2D eigenvalue weighted by Gasteiger charge is 2.37. The summed E-state index contributed by atoms with van der Waals surface area (Å²) < 4.78 is 0. The van der Waals surface area contributed by atoms with Crippen molar-refractivity contribution < 1.29 is 14.4 Å². The van der Waals surface area contributed by atoms with Gasteiger partial charge in [0.2, 0.25) is 0 Å². The van der Waals surface area contributed by atoms with Crippen molar-refractivity contribution in [2.45, 2.75) is 19.3 Å². The van der Waals surface area contributed by atoms with Crippen molar-refractivity contribution in [2.24, 2.45) is 0 Å². The van der Waals surface area contributed by atoms with E-state index in [9.17, 15) is 14.4 Å². The minimum Gasteiger partial charge on any atom is -0.377 e. The molecule has 0 aromatic carbocycles. The molecule has 2 aliphatic heterocycles. The van der Waals surface area contributed by atoms with E-state index in [1.54, 1.807) is 6.08 Å². The Bertz CT molecular complexity index is 464. The molecule has 0 radical (unpaired) electrons. The summed E-state index contributed by atoms with van der Waals surface area (Å²) in [5.74, 6) is -1.11. The van der Waals surface area contributed by atoms with E-state index in [0.717, 1.165) is 22.9 Å². The first kappa shape index (κ1) is 14.3. The van der Waals surface area contributed by atoms with Crippen molar-refractivity contribution in [2.75, 3.05) is 27.2 Å². The van der Waals surface area contributed by atoms with Gasteiger partial charge in [0.1, 0.15) is 5.57 Å². The van der Waals surface area contributed by atoms with Crippen LogP contribution in [0, 0.1) is 0 Å². The summed E-state index contributed by atoms with van der Waals surface area (Å²) >= 11 is 0. The van der Waals surface area contributed by atoms with Gasteiger partial charge < -0.3 is 4.90 Å². The fourth-order valence-electron chi connectivity index (χ4n) is 2.32. The standard InChI is InChI=1S/C14H19N3O3/c1-15-12(18)11(13(19)16(2)14(15)20)7-6-10-17-8-4-3-5-9-17/h6-7,10H,3-5,8-9H2,1-2H3/b10-6+. The van der Waals surface area contributed by atoms with Gasteiger partial charge in [0.15, 0.2) is 0 Å². The quantitative estimate of drug-likeness (QED) is 0.557. The number of imide groups is 2. The van der Waals surface area contributed by atoms with Crippen LogP contribution < -0.4 is 0 Å². The Labute approximate surface area is 118 Å². The average Bonchev–Trinajstić information content (AvgIpc) is 2.48. The summed E-state index contributed by atoms with van der Waals surface area (Å²) in [5.41, 5.74) is 0.0165. The van der Waals surface area contributed by atoms with E-state index in [1.807, 2.05) is 6.20 Å². The summed E-state index contributed by atoms with van der Waals surface area (Å²) in [6.07, 6.45) is 8.66. The van der Waals surface area contributed by atoms with Crippen LogP contribution in [-0.2, 0) is 9.59 Å². The number of likely N-dealkylation sites (tertiary alicyclic amines) is 1. The number of allylic oxidation sites excluding steroid dienone is 2. The number of likely N-dealkylation sites (N-methyl/N-ethyl adjacent to an activating group) is 2. The van der Waals surface area contributed by atoms with E-state index in [0.29, 0.717) is 0 Å². The molecule has 2 heterocycles. The number of piperidine rings is 1. The summed E-state index contributed by atoms with van der Waals surface area (Å²) in [6.45, 7) is 2.00. The largest absolute Gasteiger partial charge is 0.377 e. The second kappa shape index (κ2) is 5.90. The number of nitrogens with zero attached hydrogens (tertiary/aromatic N) is 3. The molecular formula is C14H19N3O3. The fraction of sp³-hybridized carbons (Fsp3) is 0.500. The summed E-state index contributed by atoms with van der Waals surface area (Å²) in [5, 5.41) is 0. The molecule has 0 aliphatic carbocycles. The van der Waals surface area contributed by atoms with Crippen molar-refractivity contribution in [3.8, 4) is 0 Å². The van der Waals surface area contributed by atoms with Gasteiger partial charge in [0.25, 0.3) is 11.8 Å². The first-order chi connectivity index (χ1) is 9.52. The smallest absolute Gasteiger partial charge is 0.333 e. The molecule has 2 aliphatic rings. The van der Waals surface area contributed by atoms with Crippen LogP contribution >= 0.6 is 0 Å². The van der Waals surface area contributed by atoms with Crippen LogP contribution in [-0.4, -0.2) is 59.7 Å². The molecule has 6 nitrogen and oxygen atoms in total. The van der Waals surface area contributed by atoms with Gasteiger partial charge in [-0.2, -0.15) is 0 Å². The zero-order valence-electron chi connectivity index (χ0n) is 11.8. The minimum absolute atomic E-state index is 0.0165. The lowest BCUT2D eigenvalue weighted by atomic mass is 10.1. The topological polar surface area (TPSA) is 60.9 Å². The maximum absolute atomic E-state index is 11.9. The Morgan fingerprint density at radius 2 is 1.45 bits per heavy atom. The van der Waals surface area contributed by atoms with Crippen LogP contribution in [0.1, 0.15) is 19.3 Å². The molecule has 4 amide bonds. The number of carbonyl (C=O) groups is 3. The van der Waals surface area contributed by atoms with Crippen molar-refractivity contribution in [1.29, 1.82) is 0 Å². The van der Waals surface area contributed by atoms with E-state index in [1.165, 1.54) is 39.4 Å². The van der Waals surface area contributed by atoms with Crippen LogP contribution in [0.3, 0.4) is 0 Å². The van der Waals surface area contributed by atoms with Crippen LogP contribution in [0.5, 0.6) is 0 Å². The van der Waals surface area contributed by atoms with Crippen LogP contribution in [0.2, 0.25) is 0 Å². The zero-order chi connectivity index (χ0) is 14.7. The Kier molecular flexibility index (Phi) is 4.22. The monoisotopic (exact) mass is 277 g/mol. The predicted octanol–water partition coefficient (Wildman–Crippen LogP) is 0.963. The van der Waals surface area contributed by atoms with E-state index in [4.69, 9.17) is 0 Å². The number of hydrogen-bond acceptors (Lipinski definition) is 4. The number of carbonyl (C=O) groups excluding carboxylic acids is 3. The second-order valence-corrected chi connectivity index (χ2v) is 5.03. The SMILES string of the molecule is CN1C(=O)C(=C/C=C/N2CCCCC2)C(=O)N(C)C1=O. The minimum atomic E-state index is -0.600. The Balaban J connectivity index is 2.11. The van der Waals surface area contributed by atoms with E-state index in [-0.39, 0.29) is 5.57 Å². The fourth-order valence-corrected chi connectivity index (χ4v) is 2.32. The molecule has 20 heavy (non-hydrogen) atoms.